The molecule has 2 amide bonds. The van der Waals surface area contributed by atoms with E-state index in [0.717, 1.165) is 32.5 Å². The molecule has 2 saturated heterocycles. The fourth-order valence-corrected chi connectivity index (χ4v) is 8.51. The molecule has 0 bridgehead atoms. The van der Waals surface area contributed by atoms with Gasteiger partial charge in [-0.15, -0.1) is 11.8 Å². The SMILES string of the molecule is C[C@@H](NC(=O)[C@@H]1CSCN1CC(=O)O)C(=O)NSC(C1CCCCC1)C1CCN(Cc2ccccc2)CC1. The Morgan fingerprint density at radius 2 is 1.74 bits per heavy atom. The maximum atomic E-state index is 13.0. The second kappa shape index (κ2) is 14.6. The van der Waals surface area contributed by atoms with E-state index >= 15 is 0 Å². The zero-order valence-electron chi connectivity index (χ0n) is 22.3. The Morgan fingerprint density at radius 3 is 2.42 bits per heavy atom. The number of rotatable bonds is 11. The van der Waals surface area contributed by atoms with Crippen LogP contribution < -0.4 is 10.0 Å². The second-order valence-corrected chi connectivity index (χ2v) is 12.9. The Hall–Kier alpha value is -1.75. The third kappa shape index (κ3) is 8.37. The largest absolute Gasteiger partial charge is 0.480 e. The van der Waals surface area contributed by atoms with Gasteiger partial charge >= 0.3 is 5.97 Å². The van der Waals surface area contributed by atoms with Crippen molar-refractivity contribution in [3.8, 4) is 0 Å². The van der Waals surface area contributed by atoms with Crippen molar-refractivity contribution >= 4 is 41.5 Å². The number of carbonyl (C=O) groups is 3. The third-order valence-electron chi connectivity index (χ3n) is 8.12. The predicted octanol–water partition coefficient (Wildman–Crippen LogP) is 3.58. The minimum atomic E-state index is -0.952. The van der Waals surface area contributed by atoms with Gasteiger partial charge in [-0.1, -0.05) is 49.6 Å². The molecule has 38 heavy (non-hydrogen) atoms. The van der Waals surface area contributed by atoms with Crippen molar-refractivity contribution in [1.29, 1.82) is 0 Å². The van der Waals surface area contributed by atoms with E-state index in [9.17, 15) is 14.4 Å². The van der Waals surface area contributed by atoms with Gasteiger partial charge in [-0.2, -0.15) is 0 Å². The molecule has 3 N–H and O–H groups in total. The van der Waals surface area contributed by atoms with Gasteiger partial charge in [-0.05, 0) is 75.0 Å². The Morgan fingerprint density at radius 1 is 1.05 bits per heavy atom. The molecule has 1 aromatic rings. The van der Waals surface area contributed by atoms with Crippen LogP contribution in [0.1, 0.15) is 57.4 Å². The highest BCUT2D eigenvalue weighted by Crippen LogP contribution is 2.39. The second-order valence-electron chi connectivity index (χ2n) is 10.9. The first kappa shape index (κ1) is 29.2. The summed E-state index contributed by atoms with van der Waals surface area (Å²) in [4.78, 5) is 41.1. The highest BCUT2D eigenvalue weighted by molar-refractivity contribution is 7.99. The number of hydrogen-bond donors (Lipinski definition) is 3. The molecule has 1 aliphatic carbocycles. The molecular weight excluding hydrogens is 520 g/mol. The summed E-state index contributed by atoms with van der Waals surface area (Å²) in [6.45, 7) is 4.68. The number of hydrogen-bond acceptors (Lipinski definition) is 7. The number of piperidine rings is 1. The van der Waals surface area contributed by atoms with Crippen molar-refractivity contribution < 1.29 is 19.5 Å². The van der Waals surface area contributed by atoms with Gasteiger partial charge in [-0.25, -0.2) is 0 Å². The van der Waals surface area contributed by atoms with Gasteiger partial charge in [0.25, 0.3) is 5.91 Å². The topological polar surface area (TPSA) is 102 Å². The molecule has 1 unspecified atom stereocenters. The molecule has 0 radical (unpaired) electrons. The molecule has 3 fully saturated rings. The summed E-state index contributed by atoms with van der Waals surface area (Å²) in [7, 11) is 0. The molecule has 0 spiro atoms. The van der Waals surface area contributed by atoms with Crippen LogP contribution in [0.5, 0.6) is 0 Å². The quantitative estimate of drug-likeness (QED) is 0.352. The van der Waals surface area contributed by atoms with Gasteiger partial charge < -0.3 is 10.4 Å². The molecule has 1 aromatic carbocycles. The lowest BCUT2D eigenvalue weighted by Crippen LogP contribution is -2.52. The van der Waals surface area contributed by atoms with E-state index in [1.54, 1.807) is 23.8 Å². The van der Waals surface area contributed by atoms with Gasteiger partial charge in [0.2, 0.25) is 5.91 Å². The summed E-state index contributed by atoms with van der Waals surface area (Å²) in [5.74, 6) is 0.806. The summed E-state index contributed by atoms with van der Waals surface area (Å²) in [6, 6.07) is 9.45. The monoisotopic (exact) mass is 562 g/mol. The molecule has 8 nitrogen and oxygen atoms in total. The highest BCUT2D eigenvalue weighted by atomic mass is 32.2. The van der Waals surface area contributed by atoms with Crippen molar-refractivity contribution in [3.63, 3.8) is 0 Å². The average molecular weight is 563 g/mol. The number of likely N-dealkylation sites (tertiary alicyclic amines) is 1. The standard InChI is InChI=1S/C28H42N4O4S2/c1-20(29-28(36)24-18-37-19-32(24)17-25(33)34)27(35)30-38-26(22-10-6-3-7-11-22)23-12-14-31(15-13-23)16-21-8-4-2-5-9-21/h2,4-5,8-9,20,22-24,26H,3,6-7,10-19H2,1H3,(H,29,36)(H,30,35)(H,33,34)/t20-,24+,26?/m1/s1. The van der Waals surface area contributed by atoms with Gasteiger partial charge in [0.15, 0.2) is 0 Å². The summed E-state index contributed by atoms with van der Waals surface area (Å²) in [6.07, 6.45) is 8.56. The lowest BCUT2D eigenvalue weighted by molar-refractivity contribution is -0.139. The van der Waals surface area contributed by atoms with E-state index in [4.69, 9.17) is 5.11 Å². The number of carboxylic acids is 1. The molecule has 2 heterocycles. The zero-order chi connectivity index (χ0) is 26.9. The van der Waals surface area contributed by atoms with E-state index < -0.39 is 18.1 Å². The zero-order valence-corrected chi connectivity index (χ0v) is 24.0. The van der Waals surface area contributed by atoms with Crippen molar-refractivity contribution in [2.24, 2.45) is 11.8 Å². The molecule has 3 atom stereocenters. The van der Waals surface area contributed by atoms with Gasteiger partial charge in [0.05, 0.1) is 12.6 Å². The molecule has 0 aromatic heterocycles. The number of thioether (sulfide) groups is 1. The number of aliphatic carboxylic acids is 1. The first-order chi connectivity index (χ1) is 18.4. The normalized spacial score (nSPS) is 23.6. The van der Waals surface area contributed by atoms with Gasteiger partial charge in [-0.3, -0.25) is 28.9 Å². The van der Waals surface area contributed by atoms with Crippen LogP contribution in [0.4, 0.5) is 0 Å². The fraction of sp³-hybridized carbons (Fsp3) is 0.679. The first-order valence-electron chi connectivity index (χ1n) is 14.0. The minimum Gasteiger partial charge on any atom is -0.480 e. The van der Waals surface area contributed by atoms with E-state index in [0.29, 0.717) is 28.7 Å². The number of nitrogens with zero attached hydrogens (tertiary/aromatic N) is 2. The van der Waals surface area contributed by atoms with Crippen LogP contribution in [-0.4, -0.2) is 81.3 Å². The van der Waals surface area contributed by atoms with Crippen LogP contribution in [0.25, 0.3) is 0 Å². The molecule has 1 saturated carbocycles. The van der Waals surface area contributed by atoms with Gasteiger partial charge in [0.1, 0.15) is 6.04 Å². The van der Waals surface area contributed by atoms with Crippen molar-refractivity contribution in [1.82, 2.24) is 19.8 Å². The predicted molar refractivity (Wildman–Crippen MR) is 154 cm³/mol. The lowest BCUT2D eigenvalue weighted by atomic mass is 9.79. The summed E-state index contributed by atoms with van der Waals surface area (Å²) >= 11 is 3.12. The first-order valence-corrected chi connectivity index (χ1v) is 16.0. The lowest BCUT2D eigenvalue weighted by Gasteiger charge is -2.40. The summed E-state index contributed by atoms with van der Waals surface area (Å²) < 4.78 is 3.10. The Labute approximate surface area is 235 Å². The Kier molecular flexibility index (Phi) is 11.2. The van der Waals surface area contributed by atoms with Crippen LogP contribution in [0, 0.1) is 11.8 Å². The number of nitrogens with one attached hydrogen (secondary N) is 2. The van der Waals surface area contributed by atoms with Crippen molar-refractivity contribution in [3.05, 3.63) is 35.9 Å². The van der Waals surface area contributed by atoms with Crippen molar-refractivity contribution in [2.75, 3.05) is 31.3 Å². The molecular formula is C28H42N4O4S2. The van der Waals surface area contributed by atoms with Gasteiger partial charge in [0, 0.05) is 23.4 Å². The number of carbonyl (C=O) groups excluding carboxylic acids is 2. The fourth-order valence-electron chi connectivity index (χ4n) is 5.96. The van der Waals surface area contributed by atoms with E-state index in [1.165, 1.54) is 49.4 Å². The smallest absolute Gasteiger partial charge is 0.317 e. The van der Waals surface area contributed by atoms with E-state index in [1.807, 2.05) is 0 Å². The molecule has 210 valence electrons. The number of amides is 2. The summed E-state index contributed by atoms with van der Waals surface area (Å²) in [5.41, 5.74) is 1.36. The van der Waals surface area contributed by atoms with Crippen molar-refractivity contribution in [2.45, 2.75) is 75.7 Å². The van der Waals surface area contributed by atoms with Crippen LogP contribution in [0.3, 0.4) is 0 Å². The number of carboxylic acid groups (broad SMARTS) is 1. The molecule has 3 aliphatic rings. The Balaban J connectivity index is 1.28. The van der Waals surface area contributed by atoms with Crippen LogP contribution >= 0.6 is 23.7 Å². The molecule has 10 heteroatoms. The van der Waals surface area contributed by atoms with E-state index in [2.05, 4.69) is 45.3 Å². The Bertz CT molecular complexity index is 923. The van der Waals surface area contributed by atoms with Crippen LogP contribution in [-0.2, 0) is 20.9 Å². The molecule has 2 aliphatic heterocycles. The van der Waals surface area contributed by atoms with E-state index in [-0.39, 0.29) is 18.4 Å². The third-order valence-corrected chi connectivity index (χ3v) is 10.5. The van der Waals surface area contributed by atoms with Crippen LogP contribution in [0.2, 0.25) is 0 Å². The minimum absolute atomic E-state index is 0.172. The average Bonchev–Trinajstić information content (AvgIpc) is 3.38. The maximum absolute atomic E-state index is 13.0. The van der Waals surface area contributed by atoms with Crippen LogP contribution in [0.15, 0.2) is 30.3 Å². The molecule has 4 rings (SSSR count). The summed E-state index contributed by atoms with van der Waals surface area (Å²) in [5, 5.41) is 12.3. The number of benzene rings is 1. The highest BCUT2D eigenvalue weighted by Gasteiger charge is 2.36. The maximum Gasteiger partial charge on any atom is 0.317 e.